The SMILES string of the molecule is C=CCN(Cc1cccc(F)c1)S(=O)(=O)c1ccc(OC)cc1. The van der Waals surface area contributed by atoms with E-state index in [4.69, 9.17) is 4.74 Å². The number of ether oxygens (including phenoxy) is 1. The molecule has 6 heteroatoms. The van der Waals surface area contributed by atoms with Gasteiger partial charge in [-0.2, -0.15) is 4.31 Å². The summed E-state index contributed by atoms with van der Waals surface area (Å²) in [6.45, 7) is 3.79. The van der Waals surface area contributed by atoms with Gasteiger partial charge < -0.3 is 4.74 Å². The fraction of sp³-hybridized carbons (Fsp3) is 0.176. The van der Waals surface area contributed by atoms with Gasteiger partial charge in [0, 0.05) is 13.1 Å². The highest BCUT2D eigenvalue weighted by Crippen LogP contribution is 2.21. The maximum Gasteiger partial charge on any atom is 0.243 e. The van der Waals surface area contributed by atoms with Crippen LogP contribution in [0.3, 0.4) is 0 Å². The van der Waals surface area contributed by atoms with E-state index in [2.05, 4.69) is 6.58 Å². The molecule has 2 rings (SSSR count). The summed E-state index contributed by atoms with van der Waals surface area (Å²) in [6.07, 6.45) is 1.50. The van der Waals surface area contributed by atoms with Gasteiger partial charge in [-0.1, -0.05) is 18.2 Å². The van der Waals surface area contributed by atoms with Gasteiger partial charge in [0.15, 0.2) is 0 Å². The number of nitrogens with zero attached hydrogens (tertiary/aromatic N) is 1. The molecule has 0 heterocycles. The molecule has 23 heavy (non-hydrogen) atoms. The molecule has 0 aliphatic rings. The Morgan fingerprint density at radius 2 is 1.91 bits per heavy atom. The number of rotatable bonds is 7. The summed E-state index contributed by atoms with van der Waals surface area (Å²) < 4.78 is 45.1. The molecule has 0 saturated heterocycles. The fourth-order valence-electron chi connectivity index (χ4n) is 2.13. The predicted octanol–water partition coefficient (Wildman–Crippen LogP) is 3.21. The fourth-order valence-corrected chi connectivity index (χ4v) is 3.53. The summed E-state index contributed by atoms with van der Waals surface area (Å²) in [4.78, 5) is 0.150. The van der Waals surface area contributed by atoms with Crippen molar-refractivity contribution in [2.45, 2.75) is 11.4 Å². The maximum absolute atomic E-state index is 13.3. The number of methoxy groups -OCH3 is 1. The average molecular weight is 335 g/mol. The molecule has 0 radical (unpaired) electrons. The van der Waals surface area contributed by atoms with Crippen LogP contribution in [0.2, 0.25) is 0 Å². The number of sulfonamides is 1. The molecule has 4 nitrogen and oxygen atoms in total. The first-order valence-corrected chi connectivity index (χ1v) is 8.41. The Balaban J connectivity index is 2.32. The molecular formula is C17H18FNO3S. The van der Waals surface area contributed by atoms with Crippen LogP contribution in [0.1, 0.15) is 5.56 Å². The Labute approximate surface area is 135 Å². The van der Waals surface area contributed by atoms with Gasteiger partial charge in [0.05, 0.1) is 12.0 Å². The second kappa shape index (κ2) is 7.39. The van der Waals surface area contributed by atoms with Gasteiger partial charge in [-0.3, -0.25) is 0 Å². The van der Waals surface area contributed by atoms with E-state index in [0.29, 0.717) is 11.3 Å². The Bertz CT molecular complexity index is 773. The van der Waals surface area contributed by atoms with E-state index >= 15 is 0 Å². The van der Waals surface area contributed by atoms with E-state index in [1.165, 1.54) is 41.8 Å². The van der Waals surface area contributed by atoms with Crippen molar-refractivity contribution in [1.82, 2.24) is 4.31 Å². The van der Waals surface area contributed by atoms with E-state index in [-0.39, 0.29) is 18.0 Å². The van der Waals surface area contributed by atoms with Crippen LogP contribution < -0.4 is 4.74 Å². The summed E-state index contributed by atoms with van der Waals surface area (Å²) in [5.41, 5.74) is 0.573. The van der Waals surface area contributed by atoms with Crippen LogP contribution >= 0.6 is 0 Å². The van der Waals surface area contributed by atoms with E-state index in [1.54, 1.807) is 24.3 Å². The summed E-state index contributed by atoms with van der Waals surface area (Å²) in [6, 6.07) is 12.0. The van der Waals surface area contributed by atoms with Crippen LogP contribution in [0, 0.1) is 5.82 Å². The van der Waals surface area contributed by atoms with Crippen molar-refractivity contribution < 1.29 is 17.5 Å². The van der Waals surface area contributed by atoms with Crippen molar-refractivity contribution in [1.29, 1.82) is 0 Å². The first-order chi connectivity index (χ1) is 11.0. The van der Waals surface area contributed by atoms with E-state index < -0.39 is 15.8 Å². The molecule has 2 aromatic carbocycles. The van der Waals surface area contributed by atoms with Gasteiger partial charge in [-0.25, -0.2) is 12.8 Å². The molecule has 0 fully saturated rings. The van der Waals surface area contributed by atoms with Crippen molar-refractivity contribution in [2.24, 2.45) is 0 Å². The Morgan fingerprint density at radius 1 is 1.22 bits per heavy atom. The van der Waals surface area contributed by atoms with Crippen molar-refractivity contribution in [2.75, 3.05) is 13.7 Å². The number of benzene rings is 2. The van der Waals surface area contributed by atoms with E-state index in [9.17, 15) is 12.8 Å². The topological polar surface area (TPSA) is 46.6 Å². The van der Waals surface area contributed by atoms with Crippen LogP contribution in [0.25, 0.3) is 0 Å². The van der Waals surface area contributed by atoms with E-state index in [0.717, 1.165) is 0 Å². The standard InChI is InChI=1S/C17H18FNO3S/c1-3-11-19(13-14-5-4-6-15(18)12-14)23(20,21)17-9-7-16(22-2)8-10-17/h3-10,12H,1,11,13H2,2H3. The minimum atomic E-state index is -3.72. The second-order valence-electron chi connectivity index (χ2n) is 4.89. The Morgan fingerprint density at radius 3 is 2.48 bits per heavy atom. The van der Waals surface area contributed by atoms with Crippen molar-refractivity contribution in [3.05, 3.63) is 72.6 Å². The van der Waals surface area contributed by atoms with Gasteiger partial charge in [0.1, 0.15) is 11.6 Å². The smallest absolute Gasteiger partial charge is 0.243 e. The maximum atomic E-state index is 13.3. The van der Waals surface area contributed by atoms with Crippen LogP contribution in [-0.2, 0) is 16.6 Å². The third-order valence-electron chi connectivity index (χ3n) is 3.28. The monoisotopic (exact) mass is 335 g/mol. The average Bonchev–Trinajstić information content (AvgIpc) is 2.54. The zero-order chi connectivity index (χ0) is 16.9. The molecule has 0 aliphatic heterocycles. The predicted molar refractivity (Wildman–Crippen MR) is 87.2 cm³/mol. The molecule has 0 unspecified atom stereocenters. The van der Waals surface area contributed by atoms with Crippen LogP contribution in [0.15, 0.2) is 66.1 Å². The zero-order valence-corrected chi connectivity index (χ0v) is 13.6. The molecule has 0 aliphatic carbocycles. The Kier molecular flexibility index (Phi) is 5.52. The Hall–Kier alpha value is -2.18. The summed E-state index contributed by atoms with van der Waals surface area (Å²) in [7, 11) is -2.20. The highest BCUT2D eigenvalue weighted by Gasteiger charge is 2.23. The summed E-state index contributed by atoms with van der Waals surface area (Å²) >= 11 is 0. The summed E-state index contributed by atoms with van der Waals surface area (Å²) in [5, 5.41) is 0. The summed E-state index contributed by atoms with van der Waals surface area (Å²) in [5.74, 6) is 0.173. The lowest BCUT2D eigenvalue weighted by molar-refractivity contribution is 0.414. The molecule has 0 N–H and O–H groups in total. The quantitative estimate of drug-likeness (QED) is 0.730. The van der Waals surface area contributed by atoms with Crippen LogP contribution in [0.4, 0.5) is 4.39 Å². The van der Waals surface area contributed by atoms with Gasteiger partial charge in [0.2, 0.25) is 10.0 Å². The largest absolute Gasteiger partial charge is 0.497 e. The molecule has 0 aromatic heterocycles. The molecule has 2 aromatic rings. The first-order valence-electron chi connectivity index (χ1n) is 6.97. The number of hydrogen-bond acceptors (Lipinski definition) is 3. The highest BCUT2D eigenvalue weighted by molar-refractivity contribution is 7.89. The van der Waals surface area contributed by atoms with Crippen LogP contribution in [-0.4, -0.2) is 26.4 Å². The minimum absolute atomic E-state index is 0.0676. The number of hydrogen-bond donors (Lipinski definition) is 0. The lowest BCUT2D eigenvalue weighted by atomic mass is 10.2. The van der Waals surface area contributed by atoms with Gasteiger partial charge in [-0.15, -0.1) is 6.58 Å². The third-order valence-corrected chi connectivity index (χ3v) is 5.10. The molecule has 122 valence electrons. The lowest BCUT2D eigenvalue weighted by Gasteiger charge is -2.21. The van der Waals surface area contributed by atoms with E-state index in [1.807, 2.05) is 0 Å². The van der Waals surface area contributed by atoms with Crippen molar-refractivity contribution in [3.63, 3.8) is 0 Å². The minimum Gasteiger partial charge on any atom is -0.497 e. The number of halogens is 1. The molecular weight excluding hydrogens is 317 g/mol. The molecule has 0 bridgehead atoms. The highest BCUT2D eigenvalue weighted by atomic mass is 32.2. The first kappa shape index (κ1) is 17.2. The second-order valence-corrected chi connectivity index (χ2v) is 6.83. The molecule has 0 spiro atoms. The van der Waals surface area contributed by atoms with Crippen LogP contribution in [0.5, 0.6) is 5.75 Å². The van der Waals surface area contributed by atoms with Gasteiger partial charge in [-0.05, 0) is 42.0 Å². The normalized spacial score (nSPS) is 11.4. The van der Waals surface area contributed by atoms with Crippen molar-refractivity contribution in [3.8, 4) is 5.75 Å². The van der Waals surface area contributed by atoms with Gasteiger partial charge >= 0.3 is 0 Å². The third kappa shape index (κ3) is 4.18. The lowest BCUT2D eigenvalue weighted by Crippen LogP contribution is -2.30. The van der Waals surface area contributed by atoms with Gasteiger partial charge in [0.25, 0.3) is 0 Å². The molecule has 0 amide bonds. The van der Waals surface area contributed by atoms with Crippen molar-refractivity contribution >= 4 is 10.0 Å². The molecule has 0 saturated carbocycles. The molecule has 0 atom stereocenters. The zero-order valence-electron chi connectivity index (χ0n) is 12.8.